The van der Waals surface area contributed by atoms with Crippen LogP contribution < -0.4 is 10.9 Å². The van der Waals surface area contributed by atoms with E-state index in [0.717, 1.165) is 15.3 Å². The highest BCUT2D eigenvalue weighted by atomic mass is 32.2. The molecule has 0 aliphatic rings. The maximum Gasteiger partial charge on any atom is 0.255 e. The van der Waals surface area contributed by atoms with Crippen molar-refractivity contribution < 1.29 is 13.2 Å². The van der Waals surface area contributed by atoms with E-state index in [1.807, 2.05) is 6.92 Å². The van der Waals surface area contributed by atoms with Gasteiger partial charge in [-0.2, -0.15) is 0 Å². The second-order valence-electron chi connectivity index (χ2n) is 6.35. The number of fused-ring (bicyclic) bond motifs is 1. The summed E-state index contributed by atoms with van der Waals surface area (Å²) in [5.41, 5.74) is 2.07. The van der Waals surface area contributed by atoms with E-state index in [0.29, 0.717) is 11.2 Å². The first-order valence-corrected chi connectivity index (χ1v) is 9.60. The summed E-state index contributed by atoms with van der Waals surface area (Å²) in [6.45, 7) is 1.82. The number of pyridine rings is 1. The van der Waals surface area contributed by atoms with Crippen LogP contribution in [0.5, 0.6) is 0 Å². The standard InChI is InChI=1S/C19H19N3O4S/c1-12-9-18(23)21-17-8-7-14(11-16(12)17)20-19(24)13-5-4-6-15(10-13)27(25,26)22(2)3/h4-11H,1-3H3,(H,20,24)(H,21,23). The predicted octanol–water partition coefficient (Wildman–Crippen LogP) is 2.34. The van der Waals surface area contributed by atoms with Gasteiger partial charge in [-0.25, -0.2) is 12.7 Å². The Morgan fingerprint density at radius 3 is 2.52 bits per heavy atom. The number of anilines is 1. The highest BCUT2D eigenvalue weighted by Crippen LogP contribution is 2.21. The van der Waals surface area contributed by atoms with Crippen LogP contribution in [0.15, 0.2) is 58.2 Å². The maximum absolute atomic E-state index is 12.6. The number of sulfonamides is 1. The quantitative estimate of drug-likeness (QED) is 0.720. The minimum absolute atomic E-state index is 0.0482. The Hall–Kier alpha value is -2.97. The van der Waals surface area contributed by atoms with Crippen LogP contribution in [0.3, 0.4) is 0 Å². The molecule has 0 aliphatic carbocycles. The molecule has 0 atom stereocenters. The smallest absolute Gasteiger partial charge is 0.255 e. The molecule has 1 amide bonds. The van der Waals surface area contributed by atoms with Gasteiger partial charge in [-0.15, -0.1) is 0 Å². The van der Waals surface area contributed by atoms with E-state index in [-0.39, 0.29) is 16.0 Å². The van der Waals surface area contributed by atoms with Gasteiger partial charge >= 0.3 is 0 Å². The van der Waals surface area contributed by atoms with Crippen molar-refractivity contribution in [2.45, 2.75) is 11.8 Å². The van der Waals surface area contributed by atoms with Crippen LogP contribution in [0.4, 0.5) is 5.69 Å². The molecule has 8 heteroatoms. The molecule has 0 radical (unpaired) electrons. The van der Waals surface area contributed by atoms with E-state index >= 15 is 0 Å². The zero-order valence-electron chi connectivity index (χ0n) is 15.1. The number of rotatable bonds is 4. The Labute approximate surface area is 156 Å². The third-order valence-electron chi connectivity index (χ3n) is 4.18. The minimum Gasteiger partial charge on any atom is -0.322 e. The van der Waals surface area contributed by atoms with Crippen molar-refractivity contribution in [2.24, 2.45) is 0 Å². The number of carbonyl (C=O) groups is 1. The lowest BCUT2D eigenvalue weighted by Crippen LogP contribution is -2.22. The fourth-order valence-corrected chi connectivity index (χ4v) is 3.66. The normalized spacial score (nSPS) is 11.7. The molecular formula is C19H19N3O4S. The number of nitrogens with zero attached hydrogens (tertiary/aromatic N) is 1. The van der Waals surface area contributed by atoms with Crippen molar-refractivity contribution in [3.05, 3.63) is 70.0 Å². The largest absolute Gasteiger partial charge is 0.322 e. The lowest BCUT2D eigenvalue weighted by Gasteiger charge is -2.12. The zero-order valence-corrected chi connectivity index (χ0v) is 15.9. The Balaban J connectivity index is 1.92. The van der Waals surface area contributed by atoms with Gasteiger partial charge < -0.3 is 10.3 Å². The van der Waals surface area contributed by atoms with Gasteiger partial charge in [0.15, 0.2) is 0 Å². The first-order valence-electron chi connectivity index (χ1n) is 8.16. The molecule has 0 aliphatic heterocycles. The fourth-order valence-electron chi connectivity index (χ4n) is 2.71. The van der Waals surface area contributed by atoms with Crippen molar-refractivity contribution in [3.8, 4) is 0 Å². The number of H-pyrrole nitrogens is 1. The molecule has 0 saturated carbocycles. The van der Waals surface area contributed by atoms with Crippen molar-refractivity contribution >= 4 is 32.5 Å². The highest BCUT2D eigenvalue weighted by Gasteiger charge is 2.18. The van der Waals surface area contributed by atoms with Crippen LogP contribution >= 0.6 is 0 Å². The monoisotopic (exact) mass is 385 g/mol. The summed E-state index contributed by atoms with van der Waals surface area (Å²) in [4.78, 5) is 26.9. The number of amides is 1. The van der Waals surface area contributed by atoms with Gasteiger partial charge in [0.1, 0.15) is 0 Å². The van der Waals surface area contributed by atoms with Gasteiger partial charge in [0, 0.05) is 42.3 Å². The van der Waals surface area contributed by atoms with Gasteiger partial charge in [0.25, 0.3) is 5.91 Å². The predicted molar refractivity (Wildman–Crippen MR) is 105 cm³/mol. The van der Waals surface area contributed by atoms with E-state index in [9.17, 15) is 18.0 Å². The van der Waals surface area contributed by atoms with E-state index in [2.05, 4.69) is 10.3 Å². The lowest BCUT2D eigenvalue weighted by atomic mass is 10.1. The summed E-state index contributed by atoms with van der Waals surface area (Å²) in [5.74, 6) is -0.424. The number of aromatic nitrogens is 1. The molecule has 2 N–H and O–H groups in total. The van der Waals surface area contributed by atoms with Crippen molar-refractivity contribution in [1.82, 2.24) is 9.29 Å². The Kier molecular flexibility index (Phi) is 4.86. The molecule has 3 aromatic rings. The average molecular weight is 385 g/mol. The average Bonchev–Trinajstić information content (AvgIpc) is 2.62. The lowest BCUT2D eigenvalue weighted by molar-refractivity contribution is 0.102. The summed E-state index contributed by atoms with van der Waals surface area (Å²) in [6.07, 6.45) is 0. The van der Waals surface area contributed by atoms with Crippen LogP contribution in [-0.4, -0.2) is 37.7 Å². The van der Waals surface area contributed by atoms with Crippen LogP contribution in [0.1, 0.15) is 15.9 Å². The summed E-state index contributed by atoms with van der Waals surface area (Å²) < 4.78 is 25.6. The van der Waals surface area contributed by atoms with Gasteiger partial charge in [0.05, 0.1) is 4.90 Å². The number of carbonyl (C=O) groups excluding carboxylic acids is 1. The Bertz CT molecular complexity index is 1200. The van der Waals surface area contributed by atoms with Crippen LogP contribution in [0.25, 0.3) is 10.9 Å². The molecule has 3 rings (SSSR count). The molecule has 2 aromatic carbocycles. The molecule has 140 valence electrons. The highest BCUT2D eigenvalue weighted by molar-refractivity contribution is 7.89. The summed E-state index contributed by atoms with van der Waals surface area (Å²) >= 11 is 0. The fraction of sp³-hybridized carbons (Fsp3) is 0.158. The zero-order chi connectivity index (χ0) is 19.8. The van der Waals surface area contributed by atoms with Crippen LogP contribution in [-0.2, 0) is 10.0 Å². The minimum atomic E-state index is -3.62. The molecular weight excluding hydrogens is 366 g/mol. The van der Waals surface area contributed by atoms with E-state index < -0.39 is 15.9 Å². The van der Waals surface area contributed by atoms with E-state index in [1.165, 1.54) is 38.4 Å². The number of hydrogen-bond donors (Lipinski definition) is 2. The van der Waals surface area contributed by atoms with Gasteiger partial charge in [-0.05, 0) is 48.9 Å². The number of benzene rings is 2. The molecule has 0 unspecified atom stereocenters. The Morgan fingerprint density at radius 2 is 1.81 bits per heavy atom. The van der Waals surface area contributed by atoms with E-state index in [4.69, 9.17) is 0 Å². The molecule has 0 bridgehead atoms. The van der Waals surface area contributed by atoms with Crippen LogP contribution in [0.2, 0.25) is 0 Å². The first kappa shape index (κ1) is 18.8. The number of aromatic amines is 1. The van der Waals surface area contributed by atoms with E-state index in [1.54, 1.807) is 24.3 Å². The van der Waals surface area contributed by atoms with Crippen molar-refractivity contribution in [2.75, 3.05) is 19.4 Å². The summed E-state index contributed by atoms with van der Waals surface area (Å²) in [6, 6.07) is 12.5. The second-order valence-corrected chi connectivity index (χ2v) is 8.50. The molecule has 0 fully saturated rings. The third kappa shape index (κ3) is 3.76. The number of hydrogen-bond acceptors (Lipinski definition) is 4. The number of aryl methyl sites for hydroxylation is 1. The Morgan fingerprint density at radius 1 is 1.07 bits per heavy atom. The first-order chi connectivity index (χ1) is 12.7. The van der Waals surface area contributed by atoms with Gasteiger partial charge in [0.2, 0.25) is 15.6 Å². The van der Waals surface area contributed by atoms with Crippen molar-refractivity contribution in [3.63, 3.8) is 0 Å². The molecule has 7 nitrogen and oxygen atoms in total. The SMILES string of the molecule is Cc1cc(=O)[nH]c2ccc(NC(=O)c3cccc(S(=O)(=O)N(C)C)c3)cc12. The summed E-state index contributed by atoms with van der Waals surface area (Å²) in [7, 11) is -0.756. The molecule has 0 saturated heterocycles. The third-order valence-corrected chi connectivity index (χ3v) is 5.99. The maximum atomic E-state index is 12.6. The topological polar surface area (TPSA) is 99.3 Å². The second kappa shape index (κ2) is 6.98. The van der Waals surface area contributed by atoms with Gasteiger partial charge in [-0.1, -0.05) is 6.07 Å². The number of nitrogens with one attached hydrogen (secondary N) is 2. The molecule has 1 aromatic heterocycles. The van der Waals surface area contributed by atoms with Crippen LogP contribution in [0, 0.1) is 6.92 Å². The molecule has 0 spiro atoms. The van der Waals surface area contributed by atoms with Gasteiger partial charge in [-0.3, -0.25) is 9.59 Å². The molecule has 1 heterocycles. The molecule has 27 heavy (non-hydrogen) atoms. The summed E-state index contributed by atoms with van der Waals surface area (Å²) in [5, 5.41) is 3.58. The van der Waals surface area contributed by atoms with Crippen molar-refractivity contribution in [1.29, 1.82) is 0 Å².